The van der Waals surface area contributed by atoms with Gasteiger partial charge in [-0.15, -0.1) is 0 Å². The quantitative estimate of drug-likeness (QED) is 0.162. The van der Waals surface area contributed by atoms with Crippen molar-refractivity contribution < 1.29 is 59.9 Å². The Bertz CT molecular complexity index is 942. The maximum atomic E-state index is 12.4. The Morgan fingerprint density at radius 3 is 2.25 bits per heavy atom. The molecule has 1 spiro atoms. The maximum absolute atomic E-state index is 12.4. The van der Waals surface area contributed by atoms with E-state index in [1.807, 2.05) is 0 Å². The molecule has 12 heteroatoms. The van der Waals surface area contributed by atoms with Crippen LogP contribution in [-0.4, -0.2) is 122 Å². The first kappa shape index (κ1) is 30.5. The van der Waals surface area contributed by atoms with Crippen molar-refractivity contribution in [3.05, 3.63) is 0 Å². The summed E-state index contributed by atoms with van der Waals surface area (Å²) in [5.41, 5.74) is -3.67. The molecular weight excluding hydrogens is 528 g/mol. The Morgan fingerprint density at radius 2 is 1.62 bits per heavy atom. The zero-order valence-electron chi connectivity index (χ0n) is 23.3. The zero-order chi connectivity index (χ0) is 29.3. The number of aliphatic hydroxyl groups excluding tert-OH is 7. The molecule has 0 aromatic heterocycles. The molecule has 5 aliphatic rings. The molecule has 13 atom stereocenters. The average molecular weight is 575 g/mol. The van der Waals surface area contributed by atoms with Crippen molar-refractivity contribution in [1.29, 1.82) is 0 Å². The molecule has 0 aromatic rings. The number of rotatable bonds is 7. The van der Waals surface area contributed by atoms with Gasteiger partial charge < -0.3 is 55.1 Å². The van der Waals surface area contributed by atoms with Gasteiger partial charge in [-0.3, -0.25) is 4.79 Å². The van der Waals surface area contributed by atoms with Crippen LogP contribution in [0.25, 0.3) is 0 Å². The van der Waals surface area contributed by atoms with Crippen LogP contribution < -0.4 is 0 Å². The second-order valence-electron chi connectivity index (χ2n) is 13.5. The number of esters is 1. The fourth-order valence-electron chi connectivity index (χ4n) is 9.91. The van der Waals surface area contributed by atoms with E-state index in [2.05, 4.69) is 6.92 Å². The number of aliphatic hydroxyl groups is 8. The maximum Gasteiger partial charge on any atom is 0.303 e. The minimum absolute atomic E-state index is 0.0226. The van der Waals surface area contributed by atoms with Crippen molar-refractivity contribution in [1.82, 2.24) is 0 Å². The van der Waals surface area contributed by atoms with Crippen LogP contribution in [0.2, 0.25) is 0 Å². The summed E-state index contributed by atoms with van der Waals surface area (Å²) in [6.07, 6.45) is -5.06. The van der Waals surface area contributed by atoms with Gasteiger partial charge in [0.1, 0.15) is 36.1 Å². The van der Waals surface area contributed by atoms with E-state index >= 15 is 0 Å². The zero-order valence-corrected chi connectivity index (χ0v) is 23.3. The van der Waals surface area contributed by atoms with Gasteiger partial charge in [0.15, 0.2) is 6.29 Å². The lowest BCUT2D eigenvalue weighted by Gasteiger charge is -2.65. The fraction of sp³-hybridized carbons (Fsp3) is 0.964. The largest absolute Gasteiger partial charge is 0.459 e. The number of carbonyl (C=O) groups excluding carboxylic acids is 1. The predicted octanol–water partition coefficient (Wildman–Crippen LogP) is -1.58. The Kier molecular flexibility index (Phi) is 8.13. The summed E-state index contributed by atoms with van der Waals surface area (Å²) in [6, 6.07) is 0. The number of fused-ring (bicyclic) bond motifs is 3. The average Bonchev–Trinajstić information content (AvgIpc) is 3.09. The van der Waals surface area contributed by atoms with Crippen LogP contribution in [0.1, 0.15) is 58.8 Å². The number of hydrogen-bond donors (Lipinski definition) is 8. The summed E-state index contributed by atoms with van der Waals surface area (Å²) in [5.74, 6) is -1.04. The van der Waals surface area contributed by atoms with Gasteiger partial charge in [0.05, 0.1) is 32.5 Å². The Balaban J connectivity index is 1.46. The molecule has 5 fully saturated rings. The van der Waals surface area contributed by atoms with E-state index in [1.165, 1.54) is 6.92 Å². The van der Waals surface area contributed by atoms with Gasteiger partial charge in [-0.25, -0.2) is 0 Å². The molecule has 4 saturated carbocycles. The van der Waals surface area contributed by atoms with Crippen LogP contribution in [0, 0.1) is 34.0 Å². The summed E-state index contributed by atoms with van der Waals surface area (Å²) >= 11 is 0. The summed E-state index contributed by atoms with van der Waals surface area (Å²) in [5, 5.41) is 84.3. The van der Waals surface area contributed by atoms with Gasteiger partial charge in [0.2, 0.25) is 0 Å². The van der Waals surface area contributed by atoms with Crippen molar-refractivity contribution in [3.63, 3.8) is 0 Å². The van der Waals surface area contributed by atoms with Gasteiger partial charge in [-0.1, -0.05) is 6.92 Å². The van der Waals surface area contributed by atoms with Gasteiger partial charge in [-0.05, 0) is 68.1 Å². The first-order valence-electron chi connectivity index (χ1n) is 14.6. The van der Waals surface area contributed by atoms with Crippen LogP contribution in [0.15, 0.2) is 0 Å². The van der Waals surface area contributed by atoms with E-state index in [0.717, 1.165) is 6.42 Å². The van der Waals surface area contributed by atoms with Crippen molar-refractivity contribution >= 4 is 5.97 Å². The minimum atomic E-state index is -1.64. The van der Waals surface area contributed by atoms with Crippen molar-refractivity contribution in [3.8, 4) is 0 Å². The third kappa shape index (κ3) is 4.21. The third-order valence-corrected chi connectivity index (χ3v) is 11.8. The van der Waals surface area contributed by atoms with Crippen LogP contribution in [0.5, 0.6) is 0 Å². The molecule has 230 valence electrons. The lowest BCUT2D eigenvalue weighted by Crippen LogP contribution is -2.65. The smallest absolute Gasteiger partial charge is 0.303 e. The highest BCUT2D eigenvalue weighted by Crippen LogP contribution is 2.73. The third-order valence-electron chi connectivity index (χ3n) is 11.8. The predicted molar refractivity (Wildman–Crippen MR) is 136 cm³/mol. The van der Waals surface area contributed by atoms with Crippen molar-refractivity contribution in [2.75, 3.05) is 26.4 Å². The molecule has 4 aliphatic carbocycles. The molecule has 2 bridgehead atoms. The Morgan fingerprint density at radius 1 is 0.925 bits per heavy atom. The van der Waals surface area contributed by atoms with Gasteiger partial charge in [-0.2, -0.15) is 0 Å². The highest BCUT2D eigenvalue weighted by molar-refractivity contribution is 5.66. The molecule has 40 heavy (non-hydrogen) atoms. The van der Waals surface area contributed by atoms with E-state index in [1.54, 1.807) is 0 Å². The normalized spacial score (nSPS) is 51.5. The lowest BCUT2D eigenvalue weighted by molar-refractivity contribution is -0.313. The summed E-state index contributed by atoms with van der Waals surface area (Å²) in [4.78, 5) is 12.4. The van der Waals surface area contributed by atoms with Crippen molar-refractivity contribution in [2.24, 2.45) is 34.0 Å². The number of carbonyl (C=O) groups is 1. The summed E-state index contributed by atoms with van der Waals surface area (Å²) < 4.78 is 17.3. The molecule has 1 saturated heterocycles. The topological polar surface area (TPSA) is 207 Å². The summed E-state index contributed by atoms with van der Waals surface area (Å²) in [7, 11) is 0. The Labute approximate surface area is 233 Å². The van der Waals surface area contributed by atoms with Crippen LogP contribution in [0.4, 0.5) is 0 Å². The van der Waals surface area contributed by atoms with Crippen LogP contribution in [-0.2, 0) is 19.0 Å². The lowest BCUT2D eigenvalue weighted by atomic mass is 9.40. The molecule has 0 amide bonds. The molecule has 12 nitrogen and oxygen atoms in total. The molecule has 13 unspecified atom stereocenters. The number of hydrogen-bond acceptors (Lipinski definition) is 12. The van der Waals surface area contributed by atoms with E-state index in [9.17, 15) is 45.6 Å². The second kappa shape index (κ2) is 10.7. The first-order chi connectivity index (χ1) is 18.8. The SMILES string of the molecule is CC(=O)OC1C(O)(COC2OC(CO)C(O)C(O)C2O)C2CCC3C4(C)CCC(O)C(CO)(CO)C4CCC31C2. The minimum Gasteiger partial charge on any atom is -0.459 e. The van der Waals surface area contributed by atoms with Gasteiger partial charge >= 0.3 is 5.97 Å². The summed E-state index contributed by atoms with van der Waals surface area (Å²) in [6.45, 7) is 1.77. The van der Waals surface area contributed by atoms with Gasteiger partial charge in [0, 0.05) is 17.8 Å². The van der Waals surface area contributed by atoms with Crippen molar-refractivity contribution in [2.45, 2.75) is 107 Å². The molecule has 1 heterocycles. The second-order valence-corrected chi connectivity index (χ2v) is 13.5. The highest BCUT2D eigenvalue weighted by Gasteiger charge is 2.74. The van der Waals surface area contributed by atoms with E-state index < -0.39 is 77.3 Å². The molecule has 1 aliphatic heterocycles. The van der Waals surface area contributed by atoms with Crippen LogP contribution in [0.3, 0.4) is 0 Å². The highest BCUT2D eigenvalue weighted by atomic mass is 16.7. The molecule has 8 N–H and O–H groups in total. The Hall–Kier alpha value is -0.930. The standard InChI is InChI=1S/C28H46O12/c1-14(32)39-24-26-8-5-18-25(2,7-6-19(33)27(18,11-30)12-31)17(26)4-3-15(9-26)28(24,37)13-38-23-22(36)21(35)20(34)16(10-29)40-23/h15-24,29-31,33-37H,3-13H2,1-2H3. The molecule has 0 aromatic carbocycles. The molecule has 5 rings (SSSR count). The first-order valence-corrected chi connectivity index (χ1v) is 14.6. The van der Waals surface area contributed by atoms with E-state index in [-0.39, 0.29) is 37.6 Å². The van der Waals surface area contributed by atoms with Crippen LogP contribution >= 0.6 is 0 Å². The molecule has 0 radical (unpaired) electrons. The number of ether oxygens (including phenoxy) is 3. The fourth-order valence-corrected chi connectivity index (χ4v) is 9.91. The van der Waals surface area contributed by atoms with E-state index in [0.29, 0.717) is 38.5 Å². The molecular formula is C28H46O12. The monoisotopic (exact) mass is 574 g/mol. The van der Waals surface area contributed by atoms with Gasteiger partial charge in [0.25, 0.3) is 0 Å². The van der Waals surface area contributed by atoms with E-state index in [4.69, 9.17) is 14.2 Å².